The Hall–Kier alpha value is -0.880. The van der Waals surface area contributed by atoms with Crippen LogP contribution in [0, 0.1) is 0 Å². The summed E-state index contributed by atoms with van der Waals surface area (Å²) in [5.74, 6) is 0. The number of hydrogen-bond donors (Lipinski definition) is 1. The molecule has 1 heterocycles. The quantitative estimate of drug-likeness (QED) is 0.824. The van der Waals surface area contributed by atoms with Crippen molar-refractivity contribution in [3.63, 3.8) is 0 Å². The van der Waals surface area contributed by atoms with Crippen molar-refractivity contribution in [1.29, 1.82) is 0 Å². The molecule has 2 atom stereocenters. The number of nitrogens with zero attached hydrogens (tertiary/aromatic N) is 2. The molecule has 110 valence electrons. The molecule has 0 aliphatic heterocycles. The van der Waals surface area contributed by atoms with Crippen LogP contribution in [-0.2, 0) is 16.3 Å². The first-order valence-corrected chi connectivity index (χ1v) is 8.67. The van der Waals surface area contributed by atoms with Gasteiger partial charge in [-0.2, -0.15) is 5.10 Å². The molecule has 0 aliphatic carbocycles. The van der Waals surface area contributed by atoms with Gasteiger partial charge in [-0.3, -0.25) is 4.68 Å². The number of nitrogens with one attached hydrogen (secondary N) is 1. The summed E-state index contributed by atoms with van der Waals surface area (Å²) in [4.78, 5) is 0. The molecule has 0 saturated carbocycles. The van der Waals surface area contributed by atoms with Gasteiger partial charge in [0.2, 0.25) is 0 Å². The molecule has 1 N–H and O–H groups in total. The van der Waals surface area contributed by atoms with Gasteiger partial charge in [0.25, 0.3) is 0 Å². The van der Waals surface area contributed by atoms with Gasteiger partial charge in [0.1, 0.15) is 0 Å². The Morgan fingerprint density at radius 2 is 2.00 bits per heavy atom. The summed E-state index contributed by atoms with van der Waals surface area (Å²) in [6, 6.07) is 2.17. The van der Waals surface area contributed by atoms with Crippen molar-refractivity contribution in [2.45, 2.75) is 51.4 Å². The highest BCUT2D eigenvalue weighted by molar-refractivity contribution is 7.91. The van der Waals surface area contributed by atoms with E-state index < -0.39 is 15.1 Å². The minimum atomic E-state index is -3.05. The Balaban J connectivity index is 2.83. The molecule has 0 saturated heterocycles. The minimum Gasteiger partial charge on any atom is -0.313 e. The van der Waals surface area contributed by atoms with E-state index in [0.29, 0.717) is 12.5 Å². The summed E-state index contributed by atoms with van der Waals surface area (Å²) < 4.78 is 25.3. The van der Waals surface area contributed by atoms with Gasteiger partial charge in [0.15, 0.2) is 9.84 Å². The maximum absolute atomic E-state index is 11.7. The van der Waals surface area contributed by atoms with Crippen molar-refractivity contribution < 1.29 is 8.42 Å². The second-order valence-electron chi connectivity index (χ2n) is 5.28. The molecule has 1 rings (SSSR count). The number of hydrogen-bond acceptors (Lipinski definition) is 4. The van der Waals surface area contributed by atoms with Crippen molar-refractivity contribution in [1.82, 2.24) is 15.1 Å². The van der Waals surface area contributed by atoms with Gasteiger partial charge in [0.05, 0.1) is 10.9 Å². The van der Waals surface area contributed by atoms with E-state index in [0.717, 1.165) is 12.2 Å². The predicted octanol–water partition coefficient (Wildman–Crippen LogP) is 1.42. The molecule has 2 unspecified atom stereocenters. The van der Waals surface area contributed by atoms with Crippen LogP contribution in [0.4, 0.5) is 0 Å². The zero-order valence-electron chi connectivity index (χ0n) is 12.4. The fraction of sp³-hybridized carbons (Fsp3) is 0.769. The van der Waals surface area contributed by atoms with E-state index in [1.807, 2.05) is 23.9 Å². The Morgan fingerprint density at radius 3 is 2.42 bits per heavy atom. The third-order valence-electron chi connectivity index (χ3n) is 3.33. The molecule has 5 nitrogen and oxygen atoms in total. The van der Waals surface area contributed by atoms with Crippen LogP contribution in [0.1, 0.15) is 39.4 Å². The summed E-state index contributed by atoms with van der Waals surface area (Å²) in [6.07, 6.45) is 3.85. The Bertz CT molecular complexity index is 494. The van der Waals surface area contributed by atoms with Crippen LogP contribution >= 0.6 is 0 Å². The van der Waals surface area contributed by atoms with Crippen LogP contribution < -0.4 is 5.32 Å². The third-order valence-corrected chi connectivity index (χ3v) is 5.01. The molecule has 0 radical (unpaired) electrons. The van der Waals surface area contributed by atoms with E-state index in [1.165, 1.54) is 6.26 Å². The highest BCUT2D eigenvalue weighted by Crippen LogP contribution is 2.12. The standard InChI is InChI=1S/C13H25N3O2S/c1-6-14-13(11(4)19(5,17)18)9-12-7-8-16(15-12)10(2)3/h7-8,10-11,13-14H,6,9H2,1-5H3. The summed E-state index contributed by atoms with van der Waals surface area (Å²) in [7, 11) is -3.05. The SMILES string of the molecule is CCNC(Cc1ccn(C(C)C)n1)C(C)S(C)(=O)=O. The van der Waals surface area contributed by atoms with Gasteiger partial charge >= 0.3 is 0 Å². The van der Waals surface area contributed by atoms with E-state index in [1.54, 1.807) is 6.92 Å². The van der Waals surface area contributed by atoms with E-state index in [-0.39, 0.29) is 6.04 Å². The van der Waals surface area contributed by atoms with Crippen LogP contribution in [0.3, 0.4) is 0 Å². The largest absolute Gasteiger partial charge is 0.313 e. The van der Waals surface area contributed by atoms with Gasteiger partial charge < -0.3 is 5.32 Å². The van der Waals surface area contributed by atoms with E-state index in [9.17, 15) is 8.42 Å². The molecule has 0 fully saturated rings. The lowest BCUT2D eigenvalue weighted by atomic mass is 10.1. The third kappa shape index (κ3) is 4.62. The molecular formula is C13H25N3O2S. The lowest BCUT2D eigenvalue weighted by Crippen LogP contribution is -2.43. The van der Waals surface area contributed by atoms with Crippen LogP contribution in [0.2, 0.25) is 0 Å². The van der Waals surface area contributed by atoms with Crippen molar-refractivity contribution in [3.8, 4) is 0 Å². The van der Waals surface area contributed by atoms with E-state index >= 15 is 0 Å². The highest BCUT2D eigenvalue weighted by atomic mass is 32.2. The fourth-order valence-corrected chi connectivity index (χ4v) is 2.75. The second-order valence-corrected chi connectivity index (χ2v) is 7.69. The van der Waals surface area contributed by atoms with Crippen LogP contribution in [-0.4, -0.2) is 42.3 Å². The van der Waals surface area contributed by atoms with Crippen molar-refractivity contribution in [2.24, 2.45) is 0 Å². The first-order chi connectivity index (χ1) is 8.75. The average molecular weight is 287 g/mol. The molecule has 0 spiro atoms. The molecule has 19 heavy (non-hydrogen) atoms. The molecule has 6 heteroatoms. The van der Waals surface area contributed by atoms with E-state index in [4.69, 9.17) is 0 Å². The summed E-state index contributed by atoms with van der Waals surface area (Å²) in [5.41, 5.74) is 0.926. The van der Waals surface area contributed by atoms with Gasteiger partial charge in [-0.05, 0) is 33.4 Å². The number of sulfone groups is 1. The Kier molecular flexibility index (Phi) is 5.55. The molecule has 1 aromatic heterocycles. The van der Waals surface area contributed by atoms with Gasteiger partial charge in [0, 0.05) is 31.0 Å². The lowest BCUT2D eigenvalue weighted by Gasteiger charge is -2.22. The number of aromatic nitrogens is 2. The van der Waals surface area contributed by atoms with Crippen molar-refractivity contribution >= 4 is 9.84 Å². The molecule has 0 aliphatic rings. The lowest BCUT2D eigenvalue weighted by molar-refractivity contribution is 0.479. The minimum absolute atomic E-state index is 0.101. The fourth-order valence-electron chi connectivity index (χ4n) is 1.96. The molecule has 1 aromatic rings. The van der Waals surface area contributed by atoms with Gasteiger partial charge in [-0.1, -0.05) is 6.92 Å². The first kappa shape index (κ1) is 16.2. The van der Waals surface area contributed by atoms with Gasteiger partial charge in [-0.15, -0.1) is 0 Å². The van der Waals surface area contributed by atoms with E-state index in [2.05, 4.69) is 24.3 Å². The number of rotatable bonds is 7. The summed E-state index contributed by atoms with van der Waals surface area (Å²) in [5, 5.41) is 7.31. The Labute approximate surface area is 116 Å². The van der Waals surface area contributed by atoms with Crippen molar-refractivity contribution in [3.05, 3.63) is 18.0 Å². The van der Waals surface area contributed by atoms with Crippen LogP contribution in [0.15, 0.2) is 12.3 Å². The maximum Gasteiger partial charge on any atom is 0.151 e. The highest BCUT2D eigenvalue weighted by Gasteiger charge is 2.26. The van der Waals surface area contributed by atoms with Crippen LogP contribution in [0.5, 0.6) is 0 Å². The zero-order valence-corrected chi connectivity index (χ0v) is 13.2. The monoisotopic (exact) mass is 287 g/mol. The molecule has 0 aromatic carbocycles. The van der Waals surface area contributed by atoms with Crippen molar-refractivity contribution in [2.75, 3.05) is 12.8 Å². The van der Waals surface area contributed by atoms with Crippen LogP contribution in [0.25, 0.3) is 0 Å². The average Bonchev–Trinajstić information content (AvgIpc) is 2.75. The molecular weight excluding hydrogens is 262 g/mol. The maximum atomic E-state index is 11.7. The molecule has 0 bridgehead atoms. The Morgan fingerprint density at radius 1 is 1.37 bits per heavy atom. The smallest absolute Gasteiger partial charge is 0.151 e. The summed E-state index contributed by atoms with van der Waals surface area (Å²) >= 11 is 0. The molecule has 0 amide bonds. The van der Waals surface area contributed by atoms with Gasteiger partial charge in [-0.25, -0.2) is 8.42 Å². The normalized spacial score (nSPS) is 15.7. The first-order valence-electron chi connectivity index (χ1n) is 6.72. The zero-order chi connectivity index (χ0) is 14.6. The predicted molar refractivity (Wildman–Crippen MR) is 78.1 cm³/mol. The summed E-state index contributed by atoms with van der Waals surface area (Å²) in [6.45, 7) is 8.61. The number of likely N-dealkylation sites (N-methyl/N-ethyl adjacent to an activating group) is 1. The topological polar surface area (TPSA) is 64.0 Å². The second kappa shape index (κ2) is 6.52.